The molecule has 0 amide bonds. The van der Waals surface area contributed by atoms with Crippen molar-refractivity contribution in [2.45, 2.75) is 160 Å². The molecule has 0 aliphatic carbocycles. The quantitative estimate of drug-likeness (QED) is 0.0598. The fourth-order valence-electron chi connectivity index (χ4n) is 4.34. The van der Waals surface area contributed by atoms with Crippen LogP contribution in [-0.2, 0) is 23.6 Å². The van der Waals surface area contributed by atoms with E-state index >= 15 is 0 Å². The Morgan fingerprint density at radius 1 is 0.455 bits per heavy atom. The van der Waals surface area contributed by atoms with Gasteiger partial charge in [-0.3, -0.25) is 0 Å². The second kappa shape index (κ2) is 26.2. The number of carbonyl (C=O) groups excluding carboxylic acids is 3. The molecular formula is C34H66O6S3Sn. The summed E-state index contributed by atoms with van der Waals surface area (Å²) in [4.78, 5) is 41.0. The van der Waals surface area contributed by atoms with Gasteiger partial charge in [0.15, 0.2) is 0 Å². The van der Waals surface area contributed by atoms with Gasteiger partial charge in [0.1, 0.15) is 0 Å². The van der Waals surface area contributed by atoms with Crippen molar-refractivity contribution in [1.29, 1.82) is 0 Å². The Hall–Kier alpha value is 0.259. The molecule has 0 aromatic carbocycles. The predicted octanol–water partition coefficient (Wildman–Crippen LogP) is 10.2. The molecule has 0 heterocycles. The third-order valence-electron chi connectivity index (χ3n) is 7.23. The van der Waals surface area contributed by atoms with Crippen molar-refractivity contribution in [1.82, 2.24) is 0 Å². The molecule has 0 radical (unpaired) electrons. The fourth-order valence-corrected chi connectivity index (χ4v) is 12.8. The van der Waals surface area contributed by atoms with E-state index in [0.29, 0.717) is 17.8 Å². The van der Waals surface area contributed by atoms with Crippen LogP contribution in [0.25, 0.3) is 0 Å². The Morgan fingerprint density at radius 2 is 0.705 bits per heavy atom. The van der Waals surface area contributed by atoms with Crippen molar-refractivity contribution in [3.8, 4) is 0 Å². The van der Waals surface area contributed by atoms with Crippen LogP contribution in [0, 0.1) is 17.8 Å². The molecule has 3 atom stereocenters. The fraction of sp³-hybridized carbons (Fsp3) is 0.912. The molecule has 3 unspecified atom stereocenters. The molecule has 0 aromatic heterocycles. The third-order valence-corrected chi connectivity index (χ3v) is 15.8. The van der Waals surface area contributed by atoms with Crippen LogP contribution < -0.4 is 0 Å². The SMILES string of the molecule is CC(C)CCCCCSC(C)C(=O)[O][Sn]([CH3])([O]C(=O)C(C)SCCCCCC(C)C)[O]C(=O)C(C)SCCCCCC(C)C. The van der Waals surface area contributed by atoms with Gasteiger partial charge in [-0.2, -0.15) is 0 Å². The zero-order chi connectivity index (χ0) is 33.5. The Bertz CT molecular complexity index is 682. The molecule has 0 rings (SSSR count). The zero-order valence-corrected chi connectivity index (χ0v) is 35.0. The number of hydrogen-bond donors (Lipinski definition) is 0. The molecule has 0 aliphatic rings. The van der Waals surface area contributed by atoms with Crippen LogP contribution in [0.4, 0.5) is 0 Å². The first-order chi connectivity index (χ1) is 20.7. The first kappa shape index (κ1) is 44.3. The van der Waals surface area contributed by atoms with Crippen molar-refractivity contribution >= 4 is 72.8 Å². The Balaban J connectivity index is 5.11. The van der Waals surface area contributed by atoms with Crippen molar-refractivity contribution in [3.05, 3.63) is 0 Å². The van der Waals surface area contributed by atoms with Crippen LogP contribution in [0.3, 0.4) is 0 Å². The van der Waals surface area contributed by atoms with Gasteiger partial charge in [-0.1, -0.05) is 0 Å². The van der Waals surface area contributed by atoms with Gasteiger partial charge in [0, 0.05) is 0 Å². The number of unbranched alkanes of at least 4 members (excludes halogenated alkanes) is 6. The number of carbonyl (C=O) groups is 3. The van der Waals surface area contributed by atoms with Crippen molar-refractivity contribution in [2.24, 2.45) is 17.8 Å². The van der Waals surface area contributed by atoms with Crippen LogP contribution >= 0.6 is 35.3 Å². The van der Waals surface area contributed by atoms with E-state index in [2.05, 4.69) is 41.5 Å². The summed E-state index contributed by atoms with van der Waals surface area (Å²) < 4.78 is 17.6. The van der Waals surface area contributed by atoms with Crippen LogP contribution in [0.5, 0.6) is 0 Å². The minimum absolute atomic E-state index is 0.427. The summed E-state index contributed by atoms with van der Waals surface area (Å²) in [6, 6.07) is 0. The van der Waals surface area contributed by atoms with E-state index in [4.69, 9.17) is 9.22 Å². The van der Waals surface area contributed by atoms with E-state index in [1.165, 1.54) is 38.5 Å². The van der Waals surface area contributed by atoms with Crippen molar-refractivity contribution in [3.63, 3.8) is 0 Å². The van der Waals surface area contributed by atoms with Crippen molar-refractivity contribution < 1.29 is 23.6 Å². The summed E-state index contributed by atoms with van der Waals surface area (Å²) in [5, 5.41) is -1.28. The molecule has 0 saturated carbocycles. The number of thioether (sulfide) groups is 3. The molecule has 44 heavy (non-hydrogen) atoms. The van der Waals surface area contributed by atoms with Gasteiger partial charge in [0.05, 0.1) is 0 Å². The van der Waals surface area contributed by atoms with E-state index in [0.717, 1.165) is 55.8 Å². The molecule has 0 aliphatic heterocycles. The Labute approximate surface area is 289 Å². The standard InChI is InChI=1S/3C11H22O2S.CH3.Sn/c3*1-9(2)7-5-4-6-8-14-10(3)11(12)13;;/h3*9-10H,4-8H2,1-3H3,(H,12,13);1H3;/q;;;;+3/p-3. The summed E-state index contributed by atoms with van der Waals surface area (Å²) in [6.07, 6.45) is 13.8. The van der Waals surface area contributed by atoms with Gasteiger partial charge < -0.3 is 0 Å². The summed E-state index contributed by atoms with van der Waals surface area (Å²) in [6.45, 7) is 18.8. The molecule has 0 aromatic rings. The van der Waals surface area contributed by atoms with Gasteiger partial charge >= 0.3 is 291 Å². The van der Waals surface area contributed by atoms with Gasteiger partial charge in [-0.25, -0.2) is 0 Å². The molecule has 0 bridgehead atoms. The van der Waals surface area contributed by atoms with Crippen LogP contribution in [0.15, 0.2) is 0 Å². The number of hydrogen-bond acceptors (Lipinski definition) is 9. The summed E-state index contributed by atoms with van der Waals surface area (Å²) in [7, 11) is 0. The summed E-state index contributed by atoms with van der Waals surface area (Å²) >= 11 is -0.237. The second-order valence-corrected chi connectivity index (χ2v) is 24.4. The molecule has 260 valence electrons. The normalized spacial score (nSPS) is 15.2. The van der Waals surface area contributed by atoms with Crippen LogP contribution in [-0.4, -0.2) is 70.5 Å². The van der Waals surface area contributed by atoms with Crippen LogP contribution in [0.2, 0.25) is 4.94 Å². The topological polar surface area (TPSA) is 78.9 Å². The van der Waals surface area contributed by atoms with Gasteiger partial charge in [0.25, 0.3) is 0 Å². The Kier molecular flexibility index (Phi) is 26.4. The van der Waals surface area contributed by atoms with Crippen molar-refractivity contribution in [2.75, 3.05) is 17.3 Å². The van der Waals surface area contributed by atoms with E-state index in [1.807, 2.05) is 20.8 Å². The zero-order valence-electron chi connectivity index (χ0n) is 29.7. The van der Waals surface area contributed by atoms with Gasteiger partial charge in [0.2, 0.25) is 0 Å². The monoisotopic (exact) mass is 786 g/mol. The molecule has 6 nitrogen and oxygen atoms in total. The van der Waals surface area contributed by atoms with E-state index in [-0.39, 0.29) is 0 Å². The second-order valence-electron chi connectivity index (χ2n) is 13.4. The first-order valence-electron chi connectivity index (χ1n) is 17.2. The first-order valence-corrected chi connectivity index (χ1v) is 26.7. The molecular weight excluding hydrogens is 719 g/mol. The van der Waals surface area contributed by atoms with Crippen LogP contribution in [0.1, 0.15) is 139 Å². The van der Waals surface area contributed by atoms with E-state index < -0.39 is 53.3 Å². The van der Waals surface area contributed by atoms with E-state index in [9.17, 15) is 14.4 Å². The number of rotatable bonds is 27. The average molecular weight is 786 g/mol. The van der Waals surface area contributed by atoms with Gasteiger partial charge in [-0.05, 0) is 0 Å². The van der Waals surface area contributed by atoms with E-state index in [1.54, 1.807) is 40.2 Å². The molecule has 10 heteroatoms. The third kappa shape index (κ3) is 24.4. The molecule has 0 saturated heterocycles. The summed E-state index contributed by atoms with van der Waals surface area (Å²) in [5.41, 5.74) is 0. The molecule has 0 spiro atoms. The Morgan fingerprint density at radius 3 is 0.932 bits per heavy atom. The molecule has 0 fully saturated rings. The molecule has 0 N–H and O–H groups in total. The maximum atomic E-state index is 13.1. The average Bonchev–Trinajstić information content (AvgIpc) is 2.93. The maximum absolute atomic E-state index is 13.1. The predicted molar refractivity (Wildman–Crippen MR) is 196 cm³/mol. The minimum atomic E-state index is -4.87. The van der Waals surface area contributed by atoms with Gasteiger partial charge in [-0.15, -0.1) is 0 Å². The summed E-state index contributed by atoms with van der Waals surface area (Å²) in [5.74, 6) is 3.30.